The lowest BCUT2D eigenvalue weighted by Crippen LogP contribution is -2.39. The van der Waals surface area contributed by atoms with E-state index in [-0.39, 0.29) is 17.7 Å². The van der Waals surface area contributed by atoms with Crippen LogP contribution < -0.4 is 5.32 Å². The molecule has 1 atom stereocenters. The first kappa shape index (κ1) is 16.2. The van der Waals surface area contributed by atoms with Crippen molar-refractivity contribution in [1.82, 2.24) is 15.2 Å². The highest BCUT2D eigenvalue weighted by molar-refractivity contribution is 5.90. The number of carbonyl (C=O) groups is 2. The molecule has 2 amide bonds. The maximum Gasteiger partial charge on any atom is 0.225 e. The molecule has 2 heterocycles. The monoisotopic (exact) mass is 339 g/mol. The highest BCUT2D eigenvalue weighted by Crippen LogP contribution is 2.28. The van der Waals surface area contributed by atoms with Gasteiger partial charge in [0.05, 0.1) is 5.92 Å². The lowest BCUT2D eigenvalue weighted by atomic mass is 9.94. The Morgan fingerprint density at radius 1 is 1.20 bits per heavy atom. The topological polar surface area (TPSA) is 65.2 Å². The van der Waals surface area contributed by atoms with Gasteiger partial charge in [-0.1, -0.05) is 37.5 Å². The third-order valence-electron chi connectivity index (χ3n) is 5.67. The number of aromatic nitrogens is 1. The van der Waals surface area contributed by atoms with Gasteiger partial charge in [-0.15, -0.1) is 0 Å². The Labute approximate surface area is 147 Å². The van der Waals surface area contributed by atoms with E-state index in [4.69, 9.17) is 0 Å². The molecule has 4 rings (SSSR count). The number of benzene rings is 1. The molecule has 2 N–H and O–H groups in total. The lowest BCUT2D eigenvalue weighted by Gasteiger charge is -2.31. The first-order chi connectivity index (χ1) is 12.2. The number of likely N-dealkylation sites (tertiary alicyclic amines) is 1. The van der Waals surface area contributed by atoms with Gasteiger partial charge < -0.3 is 15.2 Å². The van der Waals surface area contributed by atoms with Gasteiger partial charge in [-0.05, 0) is 24.5 Å². The van der Waals surface area contributed by atoms with Gasteiger partial charge in [0.15, 0.2) is 0 Å². The van der Waals surface area contributed by atoms with Crippen LogP contribution in [0.1, 0.15) is 44.1 Å². The molecule has 1 saturated carbocycles. The molecule has 25 heavy (non-hydrogen) atoms. The molecule has 5 nitrogen and oxygen atoms in total. The normalized spacial score (nSPS) is 21.8. The Bertz CT molecular complexity index is 776. The summed E-state index contributed by atoms with van der Waals surface area (Å²) in [6.07, 6.45) is 8.16. The highest BCUT2D eigenvalue weighted by atomic mass is 16.2. The number of nitrogens with zero attached hydrogens (tertiary/aromatic N) is 1. The van der Waals surface area contributed by atoms with E-state index in [0.29, 0.717) is 25.6 Å². The zero-order chi connectivity index (χ0) is 17.2. The van der Waals surface area contributed by atoms with Crippen LogP contribution in [0.5, 0.6) is 0 Å². The zero-order valence-corrected chi connectivity index (χ0v) is 14.5. The molecule has 2 aliphatic rings. The van der Waals surface area contributed by atoms with Crippen molar-refractivity contribution in [2.75, 3.05) is 6.54 Å². The van der Waals surface area contributed by atoms with Crippen LogP contribution in [-0.2, 0) is 16.1 Å². The van der Waals surface area contributed by atoms with Crippen LogP contribution in [0.3, 0.4) is 0 Å². The van der Waals surface area contributed by atoms with Gasteiger partial charge in [0.1, 0.15) is 0 Å². The fourth-order valence-corrected chi connectivity index (χ4v) is 4.26. The van der Waals surface area contributed by atoms with Crippen molar-refractivity contribution in [3.63, 3.8) is 0 Å². The smallest absolute Gasteiger partial charge is 0.225 e. The van der Waals surface area contributed by atoms with Crippen LogP contribution in [0.4, 0.5) is 0 Å². The van der Waals surface area contributed by atoms with Gasteiger partial charge in [-0.3, -0.25) is 9.59 Å². The number of carbonyl (C=O) groups excluding carboxylic acids is 2. The number of hydrogen-bond acceptors (Lipinski definition) is 2. The van der Waals surface area contributed by atoms with Crippen molar-refractivity contribution in [3.8, 4) is 0 Å². The Balaban J connectivity index is 1.36. The SMILES string of the molecule is O=C(NCc1c[nH]c2ccccc12)C1CC(=O)N(C2CCCCC2)C1. The molecule has 1 aliphatic heterocycles. The van der Waals surface area contributed by atoms with Crippen LogP contribution >= 0.6 is 0 Å². The minimum atomic E-state index is -0.209. The summed E-state index contributed by atoms with van der Waals surface area (Å²) in [7, 11) is 0. The van der Waals surface area contributed by atoms with Crippen molar-refractivity contribution < 1.29 is 9.59 Å². The van der Waals surface area contributed by atoms with Gasteiger partial charge in [-0.25, -0.2) is 0 Å². The van der Waals surface area contributed by atoms with Crippen molar-refractivity contribution in [3.05, 3.63) is 36.0 Å². The first-order valence-electron chi connectivity index (χ1n) is 9.34. The summed E-state index contributed by atoms with van der Waals surface area (Å²) in [6, 6.07) is 8.42. The highest BCUT2D eigenvalue weighted by Gasteiger charge is 2.37. The largest absolute Gasteiger partial charge is 0.361 e. The summed E-state index contributed by atoms with van der Waals surface area (Å²) in [5, 5.41) is 4.16. The Hall–Kier alpha value is -2.30. The number of para-hydroxylation sites is 1. The number of H-pyrrole nitrogens is 1. The molecular weight excluding hydrogens is 314 g/mol. The molecule has 0 bridgehead atoms. The second-order valence-corrected chi connectivity index (χ2v) is 7.32. The molecule has 1 saturated heterocycles. The van der Waals surface area contributed by atoms with Gasteiger partial charge in [-0.2, -0.15) is 0 Å². The summed E-state index contributed by atoms with van der Waals surface area (Å²) in [5.74, 6) is -0.0595. The van der Waals surface area contributed by atoms with Crippen LogP contribution in [0.15, 0.2) is 30.5 Å². The van der Waals surface area contributed by atoms with Gasteiger partial charge in [0, 0.05) is 42.7 Å². The van der Waals surface area contributed by atoms with E-state index in [2.05, 4.69) is 16.4 Å². The molecule has 2 aromatic rings. The number of fused-ring (bicyclic) bond motifs is 1. The Kier molecular flexibility index (Phi) is 4.47. The molecule has 132 valence electrons. The summed E-state index contributed by atoms with van der Waals surface area (Å²) in [4.78, 5) is 30.1. The van der Waals surface area contributed by atoms with Gasteiger partial charge in [0.2, 0.25) is 11.8 Å². The first-order valence-corrected chi connectivity index (χ1v) is 9.34. The van der Waals surface area contributed by atoms with E-state index in [1.165, 1.54) is 19.3 Å². The minimum absolute atomic E-state index is 0.00283. The molecule has 1 unspecified atom stereocenters. The van der Waals surface area contributed by atoms with Crippen molar-refractivity contribution in [1.29, 1.82) is 0 Å². The second-order valence-electron chi connectivity index (χ2n) is 7.32. The lowest BCUT2D eigenvalue weighted by molar-refractivity contribution is -0.130. The van der Waals surface area contributed by atoms with Crippen LogP contribution in [0.2, 0.25) is 0 Å². The zero-order valence-electron chi connectivity index (χ0n) is 14.5. The number of amides is 2. The standard InChI is InChI=1S/C20H25N3O2/c24-19-10-14(13-23(19)16-6-2-1-3-7-16)20(25)22-12-15-11-21-18-9-5-4-8-17(15)18/h4-5,8-9,11,14,16,21H,1-3,6-7,10,12-13H2,(H,22,25). The molecule has 1 aromatic heterocycles. The molecule has 1 aromatic carbocycles. The van der Waals surface area contributed by atoms with Crippen molar-refractivity contribution in [2.24, 2.45) is 5.92 Å². The summed E-state index contributed by atoms with van der Waals surface area (Å²) < 4.78 is 0. The maximum atomic E-state index is 12.6. The van der Waals surface area contributed by atoms with E-state index >= 15 is 0 Å². The van der Waals surface area contributed by atoms with E-state index in [9.17, 15) is 9.59 Å². The van der Waals surface area contributed by atoms with Crippen LogP contribution in [0, 0.1) is 5.92 Å². The van der Waals surface area contributed by atoms with E-state index in [0.717, 1.165) is 29.3 Å². The number of hydrogen-bond donors (Lipinski definition) is 2. The molecule has 0 radical (unpaired) electrons. The number of aromatic amines is 1. The van der Waals surface area contributed by atoms with Gasteiger partial charge in [0.25, 0.3) is 0 Å². The van der Waals surface area contributed by atoms with E-state index < -0.39 is 0 Å². The molecule has 5 heteroatoms. The van der Waals surface area contributed by atoms with Gasteiger partial charge >= 0.3 is 0 Å². The summed E-state index contributed by atoms with van der Waals surface area (Å²) in [6.45, 7) is 1.08. The third kappa shape index (κ3) is 3.28. The van der Waals surface area contributed by atoms with Crippen molar-refractivity contribution >= 4 is 22.7 Å². The fraction of sp³-hybridized carbons (Fsp3) is 0.500. The molecule has 0 spiro atoms. The van der Waals surface area contributed by atoms with Crippen molar-refractivity contribution in [2.45, 2.75) is 51.1 Å². The minimum Gasteiger partial charge on any atom is -0.361 e. The molecule has 1 aliphatic carbocycles. The fourth-order valence-electron chi connectivity index (χ4n) is 4.26. The van der Waals surface area contributed by atoms with Crippen LogP contribution in [0.25, 0.3) is 10.9 Å². The maximum absolute atomic E-state index is 12.6. The predicted octanol–water partition coefficient (Wildman–Crippen LogP) is 2.97. The predicted molar refractivity (Wildman–Crippen MR) is 96.8 cm³/mol. The second kappa shape index (κ2) is 6.90. The van der Waals surface area contributed by atoms with E-state index in [1.54, 1.807) is 0 Å². The van der Waals surface area contributed by atoms with Crippen LogP contribution in [-0.4, -0.2) is 34.3 Å². The molecule has 2 fully saturated rings. The quantitative estimate of drug-likeness (QED) is 0.899. The average Bonchev–Trinajstić information content (AvgIpc) is 3.24. The average molecular weight is 339 g/mol. The third-order valence-corrected chi connectivity index (χ3v) is 5.67. The number of rotatable bonds is 4. The summed E-state index contributed by atoms with van der Waals surface area (Å²) in [5.41, 5.74) is 2.16. The Morgan fingerprint density at radius 3 is 2.84 bits per heavy atom. The van der Waals surface area contributed by atoms with E-state index in [1.807, 2.05) is 29.3 Å². The number of nitrogens with one attached hydrogen (secondary N) is 2. The summed E-state index contributed by atoms with van der Waals surface area (Å²) >= 11 is 0. The molecular formula is C20H25N3O2. The Morgan fingerprint density at radius 2 is 2.00 bits per heavy atom.